The molecule has 30 heavy (non-hydrogen) atoms. The predicted octanol–water partition coefficient (Wildman–Crippen LogP) is 4.48. The summed E-state index contributed by atoms with van der Waals surface area (Å²) >= 11 is 0. The van der Waals surface area contributed by atoms with Crippen molar-refractivity contribution in [3.63, 3.8) is 0 Å². The summed E-state index contributed by atoms with van der Waals surface area (Å²) < 4.78 is 8.23. The number of benzene rings is 2. The largest absolute Gasteiger partial charge is 0.454 e. The standard InChI is InChI=1S/C25H28N4O/c1-19-15-28(13-12-27(19)2)17-22-18-29(16-20-8-4-3-5-9-20)26-25(22)24-14-21-10-6-7-11-23(21)30-24/h3-11,14,18-19H,12-13,15-17H2,1-2H3. The SMILES string of the molecule is CC1CN(Cc2cn(Cc3ccccc3)nc2-c2cc3ccccc3o2)CCN1C. The number of aromatic nitrogens is 2. The van der Waals surface area contributed by atoms with Gasteiger partial charge in [0.25, 0.3) is 0 Å². The molecule has 0 amide bonds. The average Bonchev–Trinajstić information content (AvgIpc) is 3.35. The van der Waals surface area contributed by atoms with E-state index in [0.29, 0.717) is 6.04 Å². The Hall–Kier alpha value is -2.89. The van der Waals surface area contributed by atoms with Crippen molar-refractivity contribution in [2.24, 2.45) is 0 Å². The van der Waals surface area contributed by atoms with Gasteiger partial charge in [0.1, 0.15) is 11.3 Å². The van der Waals surface area contributed by atoms with Gasteiger partial charge in [-0.3, -0.25) is 9.58 Å². The summed E-state index contributed by atoms with van der Waals surface area (Å²) in [6.07, 6.45) is 2.19. The van der Waals surface area contributed by atoms with Crippen LogP contribution in [0.1, 0.15) is 18.1 Å². The summed E-state index contributed by atoms with van der Waals surface area (Å²) in [6, 6.07) is 21.3. The summed E-state index contributed by atoms with van der Waals surface area (Å²) in [5, 5.41) is 6.07. The van der Waals surface area contributed by atoms with E-state index in [0.717, 1.165) is 55.1 Å². The lowest BCUT2D eigenvalue weighted by atomic mass is 10.1. The molecule has 3 heterocycles. The second-order valence-corrected chi connectivity index (χ2v) is 8.40. The topological polar surface area (TPSA) is 37.4 Å². The Balaban J connectivity index is 1.48. The Kier molecular flexibility index (Phi) is 5.15. The van der Waals surface area contributed by atoms with Crippen molar-refractivity contribution in [1.82, 2.24) is 19.6 Å². The summed E-state index contributed by atoms with van der Waals surface area (Å²) in [5.74, 6) is 0.847. The third kappa shape index (κ3) is 3.91. The Morgan fingerprint density at radius 3 is 2.60 bits per heavy atom. The van der Waals surface area contributed by atoms with Crippen LogP contribution in [0.2, 0.25) is 0 Å². The van der Waals surface area contributed by atoms with Crippen LogP contribution in [0.25, 0.3) is 22.4 Å². The predicted molar refractivity (Wildman–Crippen MR) is 120 cm³/mol. The van der Waals surface area contributed by atoms with E-state index in [-0.39, 0.29) is 0 Å². The molecule has 5 nitrogen and oxygen atoms in total. The molecule has 0 saturated carbocycles. The zero-order valence-electron chi connectivity index (χ0n) is 17.7. The molecule has 1 saturated heterocycles. The number of hydrogen-bond donors (Lipinski definition) is 0. The van der Waals surface area contributed by atoms with Crippen molar-refractivity contribution in [3.8, 4) is 11.5 Å². The molecule has 1 unspecified atom stereocenters. The zero-order chi connectivity index (χ0) is 20.5. The quantitative estimate of drug-likeness (QED) is 0.495. The first-order valence-corrected chi connectivity index (χ1v) is 10.7. The molecule has 0 spiro atoms. The number of nitrogens with zero attached hydrogens (tertiary/aromatic N) is 4. The molecule has 4 aromatic rings. The summed E-state index contributed by atoms with van der Waals surface area (Å²) in [6.45, 7) is 7.18. The normalized spacial score (nSPS) is 18.3. The molecule has 0 radical (unpaired) electrons. The van der Waals surface area contributed by atoms with E-state index in [1.165, 1.54) is 11.1 Å². The lowest BCUT2D eigenvalue weighted by Crippen LogP contribution is -2.49. The van der Waals surface area contributed by atoms with Gasteiger partial charge in [-0.1, -0.05) is 48.5 Å². The van der Waals surface area contributed by atoms with Crippen molar-refractivity contribution in [1.29, 1.82) is 0 Å². The molecule has 2 aromatic heterocycles. The number of para-hydroxylation sites is 1. The maximum Gasteiger partial charge on any atom is 0.156 e. The van der Waals surface area contributed by atoms with Crippen LogP contribution in [0.15, 0.2) is 71.3 Å². The molecule has 0 bridgehead atoms. The van der Waals surface area contributed by atoms with Gasteiger partial charge in [-0.25, -0.2) is 0 Å². The lowest BCUT2D eigenvalue weighted by Gasteiger charge is -2.37. The van der Waals surface area contributed by atoms with Gasteiger partial charge in [0.05, 0.1) is 6.54 Å². The van der Waals surface area contributed by atoms with Crippen molar-refractivity contribution in [2.45, 2.75) is 26.1 Å². The fraction of sp³-hybridized carbons (Fsp3) is 0.320. The van der Waals surface area contributed by atoms with Crippen molar-refractivity contribution in [2.75, 3.05) is 26.7 Å². The Morgan fingerprint density at radius 2 is 1.80 bits per heavy atom. The van der Waals surface area contributed by atoms with Gasteiger partial charge in [0.15, 0.2) is 5.76 Å². The molecule has 5 heteroatoms. The van der Waals surface area contributed by atoms with Gasteiger partial charge >= 0.3 is 0 Å². The van der Waals surface area contributed by atoms with Crippen LogP contribution in [0.4, 0.5) is 0 Å². The number of piperazine rings is 1. The molecule has 1 fully saturated rings. The maximum atomic E-state index is 6.18. The summed E-state index contributed by atoms with van der Waals surface area (Å²) in [7, 11) is 2.21. The fourth-order valence-corrected chi connectivity index (χ4v) is 4.24. The Bertz CT molecular complexity index is 1100. The van der Waals surface area contributed by atoms with E-state index < -0.39 is 0 Å². The van der Waals surface area contributed by atoms with E-state index in [1.54, 1.807) is 0 Å². The van der Waals surface area contributed by atoms with Crippen LogP contribution in [-0.2, 0) is 13.1 Å². The minimum Gasteiger partial charge on any atom is -0.454 e. The highest BCUT2D eigenvalue weighted by atomic mass is 16.3. The van der Waals surface area contributed by atoms with E-state index in [4.69, 9.17) is 9.52 Å². The molecular formula is C25H28N4O. The average molecular weight is 401 g/mol. The van der Waals surface area contributed by atoms with Crippen LogP contribution in [0.3, 0.4) is 0 Å². The molecule has 1 aliphatic rings. The number of hydrogen-bond acceptors (Lipinski definition) is 4. The fourth-order valence-electron chi connectivity index (χ4n) is 4.24. The van der Waals surface area contributed by atoms with Crippen LogP contribution < -0.4 is 0 Å². The first-order chi connectivity index (χ1) is 14.7. The van der Waals surface area contributed by atoms with Crippen LogP contribution in [0, 0.1) is 0 Å². The number of rotatable bonds is 5. The Morgan fingerprint density at radius 1 is 1.00 bits per heavy atom. The van der Waals surface area contributed by atoms with Gasteiger partial charge in [-0.2, -0.15) is 5.10 Å². The van der Waals surface area contributed by atoms with Gasteiger partial charge in [-0.05, 0) is 31.7 Å². The first kappa shape index (κ1) is 19.1. The van der Waals surface area contributed by atoms with E-state index >= 15 is 0 Å². The molecule has 1 aliphatic heterocycles. The second-order valence-electron chi connectivity index (χ2n) is 8.40. The van der Waals surface area contributed by atoms with E-state index in [2.05, 4.69) is 66.4 Å². The van der Waals surface area contributed by atoms with Crippen LogP contribution in [-0.4, -0.2) is 52.3 Å². The van der Waals surface area contributed by atoms with Gasteiger partial charge < -0.3 is 9.32 Å². The maximum absolute atomic E-state index is 6.18. The van der Waals surface area contributed by atoms with Crippen LogP contribution >= 0.6 is 0 Å². The Labute approximate surface area is 177 Å². The monoisotopic (exact) mass is 400 g/mol. The number of likely N-dealkylation sites (N-methyl/N-ethyl adjacent to an activating group) is 1. The molecule has 2 aromatic carbocycles. The number of furan rings is 1. The third-order valence-corrected chi connectivity index (χ3v) is 6.12. The summed E-state index contributed by atoms with van der Waals surface area (Å²) in [5.41, 5.74) is 4.33. The minimum absolute atomic E-state index is 0.563. The number of fused-ring (bicyclic) bond motifs is 1. The van der Waals surface area contributed by atoms with Gasteiger partial charge in [0.2, 0.25) is 0 Å². The van der Waals surface area contributed by atoms with Crippen molar-refractivity contribution in [3.05, 3.63) is 78.0 Å². The highest BCUT2D eigenvalue weighted by Crippen LogP contribution is 2.30. The molecular weight excluding hydrogens is 372 g/mol. The molecule has 0 aliphatic carbocycles. The zero-order valence-corrected chi connectivity index (χ0v) is 17.7. The van der Waals surface area contributed by atoms with E-state index in [9.17, 15) is 0 Å². The smallest absolute Gasteiger partial charge is 0.156 e. The molecule has 154 valence electrons. The molecule has 0 N–H and O–H groups in total. The van der Waals surface area contributed by atoms with Crippen LogP contribution in [0.5, 0.6) is 0 Å². The highest BCUT2D eigenvalue weighted by molar-refractivity contribution is 5.82. The summed E-state index contributed by atoms with van der Waals surface area (Å²) in [4.78, 5) is 4.95. The lowest BCUT2D eigenvalue weighted by molar-refractivity contribution is 0.100. The van der Waals surface area contributed by atoms with Crippen molar-refractivity contribution >= 4 is 11.0 Å². The first-order valence-electron chi connectivity index (χ1n) is 10.7. The van der Waals surface area contributed by atoms with Crippen molar-refractivity contribution < 1.29 is 4.42 Å². The minimum atomic E-state index is 0.563. The van der Waals surface area contributed by atoms with Gasteiger partial charge in [0, 0.05) is 49.4 Å². The van der Waals surface area contributed by atoms with E-state index in [1.807, 2.05) is 28.9 Å². The second kappa shape index (κ2) is 8.09. The van der Waals surface area contributed by atoms with Gasteiger partial charge in [-0.15, -0.1) is 0 Å². The molecule has 5 rings (SSSR count). The third-order valence-electron chi connectivity index (χ3n) is 6.12. The molecule has 1 atom stereocenters. The highest BCUT2D eigenvalue weighted by Gasteiger charge is 2.23.